The molecule has 10 aliphatic carbocycles. The highest BCUT2D eigenvalue weighted by Crippen LogP contribution is 2.45. The van der Waals surface area contributed by atoms with Crippen LogP contribution in [0.4, 0.5) is 0 Å². The Morgan fingerprint density at radius 2 is 0.339 bits per heavy atom. The van der Waals surface area contributed by atoms with Crippen molar-refractivity contribution < 1.29 is 0 Å². The molecule has 0 aromatic rings. The Hall–Kier alpha value is 0. The van der Waals surface area contributed by atoms with Gasteiger partial charge in [-0.15, -0.1) is 0 Å². The Morgan fingerprint density at radius 1 is 0.152 bits per heavy atom. The summed E-state index contributed by atoms with van der Waals surface area (Å²) in [6.45, 7) is 71.6. The predicted molar refractivity (Wildman–Crippen MR) is 515 cm³/mol. The summed E-state index contributed by atoms with van der Waals surface area (Å²) in [6, 6.07) is 0. The molecule has 0 saturated heterocycles. The first-order chi connectivity index (χ1) is 53.0. The Bertz CT molecular complexity index is 1890. The summed E-state index contributed by atoms with van der Waals surface area (Å²) < 4.78 is 0. The van der Waals surface area contributed by atoms with E-state index in [0.29, 0.717) is 0 Å². The largest absolute Gasteiger partial charge is 0.0651 e. The van der Waals surface area contributed by atoms with E-state index in [0.717, 1.165) is 178 Å². The molecule has 0 N–H and O–H groups in total. The molecule has 0 spiro atoms. The van der Waals surface area contributed by atoms with E-state index >= 15 is 0 Å². The Balaban J connectivity index is 0.000000625. The van der Waals surface area contributed by atoms with Gasteiger partial charge in [0, 0.05) is 0 Å². The highest BCUT2D eigenvalue weighted by Gasteiger charge is 2.35. The molecule has 0 bridgehead atoms. The average molecular weight is 1570 g/mol. The molecule has 13 atom stereocenters. The van der Waals surface area contributed by atoms with Gasteiger partial charge in [-0.25, -0.2) is 0 Å². The first kappa shape index (κ1) is 110. The van der Waals surface area contributed by atoms with E-state index in [1.807, 2.05) is 0 Å². The van der Waals surface area contributed by atoms with E-state index in [9.17, 15) is 0 Å². The first-order valence-electron chi connectivity index (χ1n) is 53.0. The molecule has 0 heteroatoms. The third-order valence-corrected chi connectivity index (χ3v) is 33.0. The zero-order valence-electron chi connectivity index (χ0n) is 84.1. The van der Waals surface area contributed by atoms with Gasteiger partial charge < -0.3 is 0 Å². The summed E-state index contributed by atoms with van der Waals surface area (Å²) in [5, 5.41) is 0. The summed E-state index contributed by atoms with van der Waals surface area (Å²) in [7, 11) is 0. The zero-order valence-corrected chi connectivity index (χ0v) is 84.1. The van der Waals surface area contributed by atoms with Crippen LogP contribution in [0.15, 0.2) is 0 Å². The molecule has 0 amide bonds. The Morgan fingerprint density at radius 3 is 0.562 bits per heavy atom. The fourth-order valence-corrected chi connectivity index (χ4v) is 22.0. The maximum atomic E-state index is 2.45. The van der Waals surface area contributed by atoms with Gasteiger partial charge in [0.15, 0.2) is 0 Å². The fourth-order valence-electron chi connectivity index (χ4n) is 22.0. The number of rotatable bonds is 10. The minimum absolute atomic E-state index is 0.918. The molecule has 672 valence electrons. The minimum atomic E-state index is 0.918. The number of hydrogen-bond acceptors (Lipinski definition) is 0. The van der Waals surface area contributed by atoms with Crippen LogP contribution in [-0.4, -0.2) is 0 Å². The summed E-state index contributed by atoms with van der Waals surface area (Å²) in [4.78, 5) is 0. The maximum absolute atomic E-state index is 2.45. The lowest BCUT2D eigenvalue weighted by molar-refractivity contribution is 0.0793. The summed E-state index contributed by atoms with van der Waals surface area (Å²) in [5.74, 6) is 29.7. The van der Waals surface area contributed by atoms with Crippen LogP contribution in [0.25, 0.3) is 0 Å². The molecule has 0 radical (unpaired) electrons. The second kappa shape index (κ2) is 66.6. The van der Waals surface area contributed by atoms with E-state index in [-0.39, 0.29) is 0 Å². The van der Waals surface area contributed by atoms with Gasteiger partial charge in [0.2, 0.25) is 0 Å². The molecule has 0 aromatic carbocycles. The molecule has 10 aliphatic rings. The van der Waals surface area contributed by atoms with Gasteiger partial charge in [-0.05, 0) is 242 Å². The molecule has 10 saturated carbocycles. The molecule has 0 aliphatic heterocycles. The average Bonchev–Trinajstić information content (AvgIpc) is 0.827. The minimum Gasteiger partial charge on any atom is -0.0651 e. The standard InChI is InChI=1S/2C15H30.2C11H22.6C10H20/c1-13-7-4-9-14(2)11-6-12-15(3)10-5-8-13;1-13-7-4-5-8-14(2)11-12-15(3)10-6-9-13;1-4-10(3)11-7-5-9(2)6-8-11;1-4-10(3)11-7-5-6-9(2)8-11;1-7(2)9-5-10(6-9)8(3)4;1-7(2)9-5-6-10(9)8(3)4;1-8(2)10-6-4-9(3)5-7-10;1-8(2)10-6-4-5-9(3)7-10;1-9-5-3-7-10(2)8-4-6-9;1-9-5-3-4-6-10(2)8-7-9/h2*13-15H,4-12H2,1-3H3;2*9-11H,4-8H2,1-3H3;2*7-10H,5-6H2,1-4H3;2*8-10H,4-7H2,1-3H3;2*9-10H,3-8H2,1-2H3. The van der Waals surface area contributed by atoms with Gasteiger partial charge >= 0.3 is 0 Å². The Kier molecular flexibility index (Phi) is 65.4. The van der Waals surface area contributed by atoms with Gasteiger partial charge in [0.05, 0.1) is 0 Å². The molecule has 10 fully saturated rings. The normalized spacial score (nSPS) is 35.4. The van der Waals surface area contributed by atoms with Crippen LogP contribution in [0.1, 0.15) is 542 Å². The molecule has 13 unspecified atom stereocenters. The van der Waals surface area contributed by atoms with Crippen molar-refractivity contribution in [3.8, 4) is 0 Å². The quantitative estimate of drug-likeness (QED) is 0.205. The van der Waals surface area contributed by atoms with Gasteiger partial charge in [0.25, 0.3) is 0 Å². The maximum Gasteiger partial charge on any atom is -0.0360 e. The van der Waals surface area contributed by atoms with Crippen LogP contribution in [0, 0.1) is 178 Å². The highest BCUT2D eigenvalue weighted by atomic mass is 14.4. The summed E-state index contributed by atoms with van der Waals surface area (Å²) >= 11 is 0. The predicted octanol–water partition coefficient (Wildman–Crippen LogP) is 39.4. The van der Waals surface area contributed by atoms with Crippen molar-refractivity contribution in [2.24, 2.45) is 178 Å². The van der Waals surface area contributed by atoms with Crippen LogP contribution >= 0.6 is 0 Å². The van der Waals surface area contributed by atoms with Gasteiger partial charge in [-0.3, -0.25) is 0 Å². The van der Waals surface area contributed by atoms with E-state index < -0.39 is 0 Å². The monoisotopic (exact) mass is 1570 g/mol. The Labute approximate surface area is 714 Å². The van der Waals surface area contributed by atoms with Crippen molar-refractivity contribution in [3.63, 3.8) is 0 Å². The van der Waals surface area contributed by atoms with Crippen molar-refractivity contribution in [1.29, 1.82) is 0 Å². The van der Waals surface area contributed by atoms with E-state index in [1.54, 1.807) is 0 Å². The molecule has 112 heavy (non-hydrogen) atoms. The second-order valence-electron chi connectivity index (χ2n) is 46.6. The molecule has 0 aromatic heterocycles. The molecular weight excluding hydrogens is 1350 g/mol. The van der Waals surface area contributed by atoms with Crippen LogP contribution in [0.2, 0.25) is 0 Å². The van der Waals surface area contributed by atoms with Crippen molar-refractivity contribution >= 4 is 0 Å². The third-order valence-electron chi connectivity index (χ3n) is 33.0. The van der Waals surface area contributed by atoms with E-state index in [1.165, 1.54) is 334 Å². The summed E-state index contributed by atoms with van der Waals surface area (Å²) in [6.07, 6.45) is 76.7. The lowest BCUT2D eigenvalue weighted by Crippen LogP contribution is -2.33. The molecule has 0 heterocycles. The fraction of sp³-hybridized carbons (Fsp3) is 1.00. The molecular formula is C112H224. The highest BCUT2D eigenvalue weighted by molar-refractivity contribution is 4.85. The van der Waals surface area contributed by atoms with Gasteiger partial charge in [-0.2, -0.15) is 0 Å². The van der Waals surface area contributed by atoms with Crippen LogP contribution in [0.3, 0.4) is 0 Å². The lowest BCUT2D eigenvalue weighted by Gasteiger charge is -2.42. The molecule has 0 nitrogen and oxygen atoms in total. The second-order valence-corrected chi connectivity index (χ2v) is 46.6. The smallest absolute Gasteiger partial charge is 0.0360 e. The van der Waals surface area contributed by atoms with Crippen molar-refractivity contribution in [2.75, 3.05) is 0 Å². The van der Waals surface area contributed by atoms with E-state index in [4.69, 9.17) is 0 Å². The van der Waals surface area contributed by atoms with Crippen molar-refractivity contribution in [1.82, 2.24) is 0 Å². The van der Waals surface area contributed by atoms with Gasteiger partial charge in [0.1, 0.15) is 0 Å². The SMILES string of the molecule is CC(C)C1CC(C(C)C)C1.CC(C)C1CCC1C(C)C.CC1CCC(C(C)C)CC1.CC1CCCC(C(C)C)C1.CC1CCCC(C)CCC1.CC1CCCC(C)CCCC(C)CCC1.CC1CCCCC(C)CC1.CC1CCCCC(C)CCC(C)CCC1.CCC(C)C1CCC(C)CC1.CCC(C)C1CCCC(C)C1. The van der Waals surface area contributed by atoms with Crippen LogP contribution < -0.4 is 0 Å². The van der Waals surface area contributed by atoms with Crippen LogP contribution in [-0.2, 0) is 0 Å². The molecule has 10 rings (SSSR count). The van der Waals surface area contributed by atoms with Gasteiger partial charge in [-0.1, -0.05) is 477 Å². The summed E-state index contributed by atoms with van der Waals surface area (Å²) in [5.41, 5.74) is 0. The topological polar surface area (TPSA) is 0 Å². The number of hydrogen-bond donors (Lipinski definition) is 0. The first-order valence-corrected chi connectivity index (χ1v) is 53.0. The van der Waals surface area contributed by atoms with E-state index in [2.05, 4.69) is 208 Å². The van der Waals surface area contributed by atoms with Crippen LogP contribution in [0.5, 0.6) is 0 Å². The van der Waals surface area contributed by atoms with Crippen molar-refractivity contribution in [3.05, 3.63) is 0 Å². The van der Waals surface area contributed by atoms with Crippen molar-refractivity contribution in [2.45, 2.75) is 542 Å². The third kappa shape index (κ3) is 55.8. The lowest BCUT2D eigenvalue weighted by atomic mass is 9.64. The zero-order chi connectivity index (χ0) is 84.1.